The second-order valence-corrected chi connectivity index (χ2v) is 6.84. The number of amides is 4. The quantitative estimate of drug-likeness (QED) is 0.541. The number of imide groups is 1. The molecule has 1 heterocycles. The summed E-state index contributed by atoms with van der Waals surface area (Å²) in [5, 5.41) is 5.18. The monoisotopic (exact) mass is 409 g/mol. The van der Waals surface area contributed by atoms with Gasteiger partial charge in [0.15, 0.2) is 11.5 Å². The zero-order valence-electron chi connectivity index (χ0n) is 17.0. The third-order valence-corrected chi connectivity index (χ3v) is 4.19. The molecule has 0 saturated carbocycles. The first-order valence-electron chi connectivity index (χ1n) is 9.42. The molecule has 0 aromatic heterocycles. The summed E-state index contributed by atoms with van der Waals surface area (Å²) in [6.07, 6.45) is 3.06. The van der Waals surface area contributed by atoms with Crippen LogP contribution in [0.1, 0.15) is 19.4 Å². The molecule has 0 bridgehead atoms. The van der Waals surface area contributed by atoms with Crippen LogP contribution in [-0.4, -0.2) is 37.6 Å². The summed E-state index contributed by atoms with van der Waals surface area (Å²) in [5.41, 5.74) is 1.63. The third-order valence-electron chi connectivity index (χ3n) is 4.19. The number of rotatable bonds is 7. The number of urea groups is 1. The Labute approximate surface area is 174 Å². The largest absolute Gasteiger partial charge is 0.493 e. The van der Waals surface area contributed by atoms with Gasteiger partial charge in [-0.05, 0) is 55.8 Å². The molecule has 2 N–H and O–H groups in total. The minimum absolute atomic E-state index is 0.0174. The van der Waals surface area contributed by atoms with Gasteiger partial charge in [-0.15, -0.1) is 0 Å². The molecule has 2 aromatic carbocycles. The van der Waals surface area contributed by atoms with E-state index in [1.807, 2.05) is 19.9 Å². The highest BCUT2D eigenvalue weighted by Gasteiger charge is 2.29. The smallest absolute Gasteiger partial charge is 0.329 e. The average molecular weight is 409 g/mol. The second kappa shape index (κ2) is 9.13. The molecule has 1 fully saturated rings. The van der Waals surface area contributed by atoms with E-state index in [1.165, 1.54) is 6.08 Å². The summed E-state index contributed by atoms with van der Waals surface area (Å²) in [7, 11) is 1.56. The van der Waals surface area contributed by atoms with Crippen LogP contribution in [0, 0.1) is 0 Å². The van der Waals surface area contributed by atoms with Crippen LogP contribution in [0.15, 0.2) is 48.5 Å². The fourth-order valence-corrected chi connectivity index (χ4v) is 2.90. The van der Waals surface area contributed by atoms with Crippen LogP contribution >= 0.6 is 0 Å². The van der Waals surface area contributed by atoms with E-state index in [4.69, 9.17) is 9.47 Å². The first-order chi connectivity index (χ1) is 14.4. The van der Waals surface area contributed by atoms with Gasteiger partial charge >= 0.3 is 6.03 Å². The van der Waals surface area contributed by atoms with Crippen molar-refractivity contribution in [2.45, 2.75) is 20.0 Å². The zero-order chi connectivity index (χ0) is 21.7. The van der Waals surface area contributed by atoms with Gasteiger partial charge in [-0.25, -0.2) is 9.69 Å². The van der Waals surface area contributed by atoms with Crippen LogP contribution in [0.5, 0.6) is 11.5 Å². The van der Waals surface area contributed by atoms with E-state index in [1.54, 1.807) is 49.6 Å². The van der Waals surface area contributed by atoms with E-state index in [0.29, 0.717) is 22.9 Å². The Morgan fingerprint density at radius 1 is 1.17 bits per heavy atom. The maximum Gasteiger partial charge on any atom is 0.329 e. The van der Waals surface area contributed by atoms with E-state index in [2.05, 4.69) is 10.6 Å². The van der Waals surface area contributed by atoms with Crippen LogP contribution < -0.4 is 25.0 Å². The number of hydrogen-bond donors (Lipinski definition) is 2. The van der Waals surface area contributed by atoms with Crippen LogP contribution in [0.3, 0.4) is 0 Å². The Balaban J connectivity index is 1.68. The molecule has 30 heavy (non-hydrogen) atoms. The molecule has 8 heteroatoms. The number of benzene rings is 2. The molecule has 0 atom stereocenters. The molecule has 3 rings (SSSR count). The van der Waals surface area contributed by atoms with Crippen molar-refractivity contribution in [2.24, 2.45) is 0 Å². The van der Waals surface area contributed by atoms with Crippen molar-refractivity contribution < 1.29 is 23.9 Å². The zero-order valence-corrected chi connectivity index (χ0v) is 17.0. The Morgan fingerprint density at radius 3 is 2.63 bits per heavy atom. The van der Waals surface area contributed by atoms with Gasteiger partial charge in [-0.1, -0.05) is 12.1 Å². The minimum Gasteiger partial charge on any atom is -0.493 e. The van der Waals surface area contributed by atoms with Crippen LogP contribution in [0.25, 0.3) is 6.08 Å². The van der Waals surface area contributed by atoms with Crippen LogP contribution in [-0.2, 0) is 9.59 Å². The van der Waals surface area contributed by atoms with Gasteiger partial charge in [0, 0.05) is 11.8 Å². The first-order valence-corrected chi connectivity index (χ1v) is 9.42. The summed E-state index contributed by atoms with van der Waals surface area (Å²) in [6.45, 7) is 3.82. The molecular formula is C22H23N3O5. The van der Waals surface area contributed by atoms with E-state index in [9.17, 15) is 14.4 Å². The third kappa shape index (κ3) is 4.96. The summed E-state index contributed by atoms with van der Waals surface area (Å²) in [6, 6.07) is 11.4. The lowest BCUT2D eigenvalue weighted by Gasteiger charge is -2.14. The molecule has 1 aliphatic rings. The Kier molecular flexibility index (Phi) is 6.36. The van der Waals surface area contributed by atoms with Crippen molar-refractivity contribution in [1.82, 2.24) is 5.32 Å². The van der Waals surface area contributed by atoms with Crippen molar-refractivity contribution in [1.29, 1.82) is 0 Å². The molecule has 0 aliphatic carbocycles. The molecule has 2 aromatic rings. The molecular weight excluding hydrogens is 386 g/mol. The van der Waals surface area contributed by atoms with Gasteiger partial charge in [-0.2, -0.15) is 0 Å². The van der Waals surface area contributed by atoms with E-state index >= 15 is 0 Å². The highest BCUT2D eigenvalue weighted by Crippen LogP contribution is 2.29. The van der Waals surface area contributed by atoms with Crippen molar-refractivity contribution in [2.75, 3.05) is 23.9 Å². The van der Waals surface area contributed by atoms with E-state index in [-0.39, 0.29) is 24.5 Å². The Hall–Kier alpha value is -3.81. The van der Waals surface area contributed by atoms with Gasteiger partial charge in [0.25, 0.3) is 5.91 Å². The van der Waals surface area contributed by atoms with Crippen molar-refractivity contribution in [3.8, 4) is 11.5 Å². The number of ether oxygens (including phenoxy) is 2. The average Bonchev–Trinajstić information content (AvgIpc) is 3.05. The van der Waals surface area contributed by atoms with E-state index in [0.717, 1.165) is 10.5 Å². The lowest BCUT2D eigenvalue weighted by molar-refractivity contribution is -0.116. The number of nitrogens with zero attached hydrogens (tertiary/aromatic N) is 1. The molecule has 1 aliphatic heterocycles. The molecule has 4 amide bonds. The first kappa shape index (κ1) is 20.9. The van der Waals surface area contributed by atoms with Gasteiger partial charge in [-0.3, -0.25) is 9.59 Å². The van der Waals surface area contributed by atoms with Crippen LogP contribution in [0.4, 0.5) is 16.2 Å². The Morgan fingerprint density at radius 2 is 1.97 bits per heavy atom. The second-order valence-electron chi connectivity index (χ2n) is 6.84. The maximum atomic E-state index is 12.3. The predicted octanol–water partition coefficient (Wildman–Crippen LogP) is 3.19. The summed E-state index contributed by atoms with van der Waals surface area (Å²) in [4.78, 5) is 37.0. The summed E-state index contributed by atoms with van der Waals surface area (Å²) >= 11 is 0. The van der Waals surface area contributed by atoms with Gasteiger partial charge in [0.05, 0.1) is 25.4 Å². The highest BCUT2D eigenvalue weighted by molar-refractivity contribution is 6.20. The molecule has 1 saturated heterocycles. The van der Waals surface area contributed by atoms with Gasteiger partial charge < -0.3 is 20.1 Å². The number of anilines is 2. The summed E-state index contributed by atoms with van der Waals surface area (Å²) in [5.74, 6) is 0.506. The number of hydrogen-bond acceptors (Lipinski definition) is 5. The molecule has 0 unspecified atom stereocenters. The van der Waals surface area contributed by atoms with Crippen molar-refractivity contribution in [3.63, 3.8) is 0 Å². The van der Waals surface area contributed by atoms with Crippen molar-refractivity contribution >= 4 is 35.3 Å². The summed E-state index contributed by atoms with van der Waals surface area (Å²) < 4.78 is 11.0. The minimum atomic E-state index is -0.484. The van der Waals surface area contributed by atoms with E-state index < -0.39 is 6.03 Å². The fourth-order valence-electron chi connectivity index (χ4n) is 2.90. The number of nitrogens with one attached hydrogen (secondary N) is 2. The molecule has 156 valence electrons. The normalized spacial score (nSPS) is 13.7. The molecule has 0 spiro atoms. The molecule has 8 nitrogen and oxygen atoms in total. The lowest BCUT2D eigenvalue weighted by Crippen LogP contribution is -2.30. The number of methoxy groups -OCH3 is 1. The van der Waals surface area contributed by atoms with Crippen LogP contribution in [0.2, 0.25) is 0 Å². The maximum absolute atomic E-state index is 12.3. The molecule has 0 radical (unpaired) electrons. The fraction of sp³-hybridized carbons (Fsp3) is 0.227. The number of carbonyl (C=O) groups excluding carboxylic acids is 3. The highest BCUT2D eigenvalue weighted by atomic mass is 16.5. The lowest BCUT2D eigenvalue weighted by atomic mass is 10.2. The van der Waals surface area contributed by atoms with Gasteiger partial charge in [0.1, 0.15) is 0 Å². The standard InChI is InChI=1S/C22H23N3O5/c1-14(2)30-18-9-7-15(11-19(18)29-3)8-10-20(26)24-16-5-4-6-17(12-16)25-21(27)13-23-22(25)28/h4-12,14H,13H2,1-3H3,(H,23,28)(H,24,26)/b10-8+. The number of carbonyl (C=O) groups is 3. The predicted molar refractivity (Wildman–Crippen MR) is 114 cm³/mol. The topological polar surface area (TPSA) is 97.0 Å². The van der Waals surface area contributed by atoms with Gasteiger partial charge in [0.2, 0.25) is 5.91 Å². The van der Waals surface area contributed by atoms with Crippen molar-refractivity contribution in [3.05, 3.63) is 54.1 Å². The SMILES string of the molecule is COc1cc(/C=C/C(=O)Nc2cccc(N3C(=O)CNC3=O)c2)ccc1OC(C)C. The Bertz CT molecular complexity index is 984.